The highest BCUT2D eigenvalue weighted by Gasteiger charge is 2.37. The molecule has 1 unspecified atom stereocenters. The number of rotatable bonds is 5. The molecule has 1 aliphatic heterocycles. The molecule has 14 heteroatoms. The number of fused-ring (bicyclic) bond motifs is 1. The smallest absolute Gasteiger partial charge is 0.299 e. The molecule has 1 aliphatic rings. The molecule has 192 valence electrons. The summed E-state index contributed by atoms with van der Waals surface area (Å²) in [4.78, 5) is 29.5. The van der Waals surface area contributed by atoms with Crippen molar-refractivity contribution in [1.29, 1.82) is 0 Å². The Balaban J connectivity index is 1.59. The number of anilines is 2. The third kappa shape index (κ3) is 5.46. The molecule has 0 bridgehead atoms. The van der Waals surface area contributed by atoms with Crippen LogP contribution in [0, 0.1) is 5.82 Å². The van der Waals surface area contributed by atoms with Gasteiger partial charge in [0.15, 0.2) is 16.7 Å². The summed E-state index contributed by atoms with van der Waals surface area (Å²) in [6, 6.07) is 13.8. The second kappa shape index (κ2) is 10.3. The van der Waals surface area contributed by atoms with Crippen LogP contribution in [0.25, 0.3) is 6.08 Å². The molecule has 0 spiro atoms. The summed E-state index contributed by atoms with van der Waals surface area (Å²) >= 11 is 5.35. The SMILES string of the molecule is CC(=O)N(C(=S)Nc1ccc(Oc2ccnc3c2[SH](C(N)=O)C(S(=O)(=O)O)=C3)c(F)c1)c1ccccc1. The first-order valence-electron chi connectivity index (χ1n) is 10.4. The Hall–Kier alpha value is -3.85. The van der Waals surface area contributed by atoms with Crippen LogP contribution >= 0.6 is 23.1 Å². The Morgan fingerprint density at radius 2 is 1.86 bits per heavy atom. The molecule has 0 aliphatic carbocycles. The lowest BCUT2D eigenvalue weighted by atomic mass is 10.2. The lowest BCUT2D eigenvalue weighted by molar-refractivity contribution is -0.115. The predicted octanol–water partition coefficient (Wildman–Crippen LogP) is 4.40. The topological polar surface area (TPSA) is 152 Å². The van der Waals surface area contributed by atoms with Crippen molar-refractivity contribution >= 4 is 66.9 Å². The maximum Gasteiger partial charge on any atom is 0.299 e. The molecule has 4 N–H and O–H groups in total. The van der Waals surface area contributed by atoms with E-state index in [0.717, 1.165) is 12.1 Å². The summed E-state index contributed by atoms with van der Waals surface area (Å²) in [5, 5.41) is 1.83. The van der Waals surface area contributed by atoms with E-state index in [9.17, 15) is 22.6 Å². The predicted molar refractivity (Wildman–Crippen MR) is 143 cm³/mol. The Morgan fingerprint density at radius 3 is 2.46 bits per heavy atom. The Morgan fingerprint density at radius 1 is 1.16 bits per heavy atom. The highest BCUT2D eigenvalue weighted by molar-refractivity contribution is 8.39. The van der Waals surface area contributed by atoms with Crippen LogP contribution in [0.3, 0.4) is 0 Å². The second-order valence-corrected chi connectivity index (χ2v) is 11.7. The normalized spacial score (nSPS) is 15.3. The van der Waals surface area contributed by atoms with Crippen LogP contribution in [0.2, 0.25) is 0 Å². The lowest BCUT2D eigenvalue weighted by Gasteiger charge is -2.23. The average Bonchev–Trinajstić information content (AvgIpc) is 3.23. The first-order valence-corrected chi connectivity index (χ1v) is 13.6. The van der Waals surface area contributed by atoms with E-state index in [2.05, 4.69) is 10.3 Å². The van der Waals surface area contributed by atoms with Crippen LogP contribution in [0.4, 0.5) is 20.6 Å². The van der Waals surface area contributed by atoms with Gasteiger partial charge in [-0.05, 0) is 42.6 Å². The number of aromatic nitrogens is 1. The van der Waals surface area contributed by atoms with Gasteiger partial charge in [0.05, 0.1) is 16.3 Å². The summed E-state index contributed by atoms with van der Waals surface area (Å²) in [6.45, 7) is 1.34. The van der Waals surface area contributed by atoms with Gasteiger partial charge in [-0.2, -0.15) is 8.42 Å². The van der Waals surface area contributed by atoms with Crippen LogP contribution < -0.4 is 20.7 Å². The molecular weight excluding hydrogens is 543 g/mol. The van der Waals surface area contributed by atoms with Crippen molar-refractivity contribution in [3.05, 3.63) is 76.5 Å². The number of halogens is 1. The number of para-hydroxylation sites is 1. The number of primary amides is 1. The van der Waals surface area contributed by atoms with E-state index in [1.165, 1.54) is 36.2 Å². The van der Waals surface area contributed by atoms with Gasteiger partial charge in [-0.1, -0.05) is 18.2 Å². The Bertz CT molecular complexity index is 1560. The highest BCUT2D eigenvalue weighted by atomic mass is 32.3. The molecule has 3 aromatic rings. The molecule has 2 heterocycles. The molecule has 1 aromatic heterocycles. The van der Waals surface area contributed by atoms with Gasteiger partial charge in [0.2, 0.25) is 5.91 Å². The number of benzene rings is 2. The van der Waals surface area contributed by atoms with Gasteiger partial charge in [-0.15, -0.1) is 10.9 Å². The minimum Gasteiger partial charge on any atom is -0.453 e. The molecule has 0 fully saturated rings. The first-order chi connectivity index (χ1) is 17.5. The standard InChI is InChI=1S/C23H19FN4O6S3/c1-13(29)28(15-5-3-2-4-6-15)23(35)27-14-7-8-18(16(24)11-14)34-19-9-10-26-17-12-20(37(31,32)33)36(21(17)19)22(25)30/h2-12,36H,1H3,(H2,25,30)(H,27,35)(H,31,32,33). The van der Waals surface area contributed by atoms with Crippen molar-refractivity contribution in [2.75, 3.05) is 10.2 Å². The van der Waals surface area contributed by atoms with Crippen LogP contribution in [0.15, 0.2) is 69.9 Å². The molecule has 0 radical (unpaired) electrons. The number of carbonyl (C=O) groups excluding carboxylic acids is 2. The molecular formula is C23H19FN4O6S3. The van der Waals surface area contributed by atoms with E-state index in [4.69, 9.17) is 22.7 Å². The maximum absolute atomic E-state index is 15.0. The van der Waals surface area contributed by atoms with E-state index in [1.807, 2.05) is 0 Å². The average molecular weight is 563 g/mol. The second-order valence-electron chi connectivity index (χ2n) is 7.54. The first kappa shape index (κ1) is 26.2. The number of thiocarbonyl (C=S) groups is 1. The summed E-state index contributed by atoms with van der Waals surface area (Å²) in [5.41, 5.74) is 6.23. The van der Waals surface area contributed by atoms with Gasteiger partial charge in [-0.25, -0.2) is 4.39 Å². The molecule has 2 amide bonds. The van der Waals surface area contributed by atoms with Gasteiger partial charge in [0, 0.05) is 30.9 Å². The van der Waals surface area contributed by atoms with Crippen molar-refractivity contribution < 1.29 is 31.7 Å². The van der Waals surface area contributed by atoms with Gasteiger partial charge in [-0.3, -0.25) is 24.0 Å². The zero-order chi connectivity index (χ0) is 26.9. The molecule has 37 heavy (non-hydrogen) atoms. The molecule has 1 atom stereocenters. The number of carbonyl (C=O) groups is 2. The summed E-state index contributed by atoms with van der Waals surface area (Å²) < 4.78 is 53.1. The summed E-state index contributed by atoms with van der Waals surface area (Å²) in [6.07, 6.45) is 2.31. The molecule has 4 rings (SSSR count). The number of ether oxygens (including phenoxy) is 1. The summed E-state index contributed by atoms with van der Waals surface area (Å²) in [7, 11) is -7.11. The minimum absolute atomic E-state index is 0.0228. The Kier molecular flexibility index (Phi) is 7.27. The van der Waals surface area contributed by atoms with Crippen molar-refractivity contribution in [2.24, 2.45) is 5.73 Å². The van der Waals surface area contributed by atoms with E-state index in [-0.39, 0.29) is 38.8 Å². The van der Waals surface area contributed by atoms with Crippen molar-refractivity contribution in [1.82, 2.24) is 4.98 Å². The maximum atomic E-state index is 15.0. The fraction of sp³-hybridized carbons (Fsp3) is 0.0435. The fourth-order valence-electron chi connectivity index (χ4n) is 3.54. The number of nitrogens with one attached hydrogen (secondary N) is 1. The van der Waals surface area contributed by atoms with Gasteiger partial charge in [0.1, 0.15) is 9.99 Å². The number of hydrogen-bond acceptors (Lipinski definition) is 7. The number of amides is 2. The number of nitrogens with two attached hydrogens (primary N) is 1. The zero-order valence-electron chi connectivity index (χ0n) is 19.0. The molecule has 2 aromatic carbocycles. The lowest BCUT2D eigenvalue weighted by Crippen LogP contribution is -2.38. The van der Waals surface area contributed by atoms with E-state index >= 15 is 4.39 Å². The quantitative estimate of drug-likeness (QED) is 0.201. The van der Waals surface area contributed by atoms with E-state index in [0.29, 0.717) is 5.69 Å². The van der Waals surface area contributed by atoms with Crippen LogP contribution in [-0.4, -0.2) is 34.2 Å². The van der Waals surface area contributed by atoms with Gasteiger partial charge >= 0.3 is 0 Å². The molecule has 10 nitrogen and oxygen atoms in total. The van der Waals surface area contributed by atoms with Crippen LogP contribution in [0.5, 0.6) is 11.5 Å². The van der Waals surface area contributed by atoms with E-state index in [1.54, 1.807) is 30.3 Å². The number of nitrogens with zero attached hydrogens (tertiary/aromatic N) is 2. The monoisotopic (exact) mass is 562 g/mol. The van der Waals surface area contributed by atoms with Crippen molar-refractivity contribution in [3.8, 4) is 11.5 Å². The van der Waals surface area contributed by atoms with Crippen molar-refractivity contribution in [3.63, 3.8) is 0 Å². The van der Waals surface area contributed by atoms with E-state index < -0.39 is 36.3 Å². The van der Waals surface area contributed by atoms with Gasteiger partial charge in [0.25, 0.3) is 15.4 Å². The number of pyridine rings is 1. The largest absolute Gasteiger partial charge is 0.453 e. The van der Waals surface area contributed by atoms with Crippen LogP contribution in [-0.2, 0) is 14.9 Å². The molecule has 0 saturated heterocycles. The third-order valence-corrected chi connectivity index (χ3v) is 9.12. The zero-order valence-corrected chi connectivity index (χ0v) is 21.5. The van der Waals surface area contributed by atoms with Gasteiger partial charge < -0.3 is 15.8 Å². The Labute approximate surface area is 219 Å². The molecule has 0 saturated carbocycles. The van der Waals surface area contributed by atoms with Crippen molar-refractivity contribution in [2.45, 2.75) is 11.8 Å². The number of thiol groups is 1. The van der Waals surface area contributed by atoms with Crippen LogP contribution in [0.1, 0.15) is 12.6 Å². The fourth-order valence-corrected chi connectivity index (χ4v) is 7.22. The summed E-state index contributed by atoms with van der Waals surface area (Å²) in [5.74, 6) is -1.47. The minimum atomic E-state index is -4.74. The number of hydrogen-bond donors (Lipinski definition) is 4. The highest BCUT2D eigenvalue weighted by Crippen LogP contribution is 2.57. The third-order valence-electron chi connectivity index (χ3n) is 5.04.